The first-order valence-electron chi connectivity index (χ1n) is 13.8. The van der Waals surface area contributed by atoms with E-state index in [0.717, 1.165) is 42.6 Å². The molecule has 3 fully saturated rings. The fourth-order valence-electron chi connectivity index (χ4n) is 6.62. The maximum Gasteiger partial charge on any atom is 0.165 e. The summed E-state index contributed by atoms with van der Waals surface area (Å²) in [5.41, 5.74) is -0.154. The minimum Gasteiger partial charge on any atom is -0.491 e. The van der Waals surface area contributed by atoms with Gasteiger partial charge in [-0.15, -0.1) is 0 Å². The smallest absolute Gasteiger partial charge is 0.165 e. The van der Waals surface area contributed by atoms with Crippen molar-refractivity contribution in [3.8, 4) is 5.75 Å². The maximum atomic E-state index is 14.5. The number of halogens is 2. The summed E-state index contributed by atoms with van der Waals surface area (Å²) >= 11 is 0. The summed E-state index contributed by atoms with van der Waals surface area (Å²) in [5.74, 6) is 3.04. The molecule has 0 N–H and O–H groups in total. The predicted octanol–water partition coefficient (Wildman–Crippen LogP) is 7.97. The minimum absolute atomic E-state index is 0.185. The third-order valence-electron chi connectivity index (χ3n) is 8.62. The average molecular weight is 479 g/mol. The van der Waals surface area contributed by atoms with E-state index in [1.807, 2.05) is 13.8 Å². The Morgan fingerprint density at radius 2 is 1.56 bits per heavy atom. The molecule has 5 heteroatoms. The maximum absolute atomic E-state index is 14.5. The molecule has 0 amide bonds. The number of benzene rings is 1. The van der Waals surface area contributed by atoms with Crippen LogP contribution in [0.4, 0.5) is 8.78 Å². The van der Waals surface area contributed by atoms with Crippen LogP contribution in [-0.4, -0.2) is 31.8 Å². The third-order valence-corrected chi connectivity index (χ3v) is 8.62. The predicted molar refractivity (Wildman–Crippen MR) is 131 cm³/mol. The number of ether oxygens (including phenoxy) is 3. The van der Waals surface area contributed by atoms with E-state index in [9.17, 15) is 8.78 Å². The number of rotatable bonds is 9. The van der Waals surface area contributed by atoms with Crippen molar-refractivity contribution in [3.63, 3.8) is 0 Å². The second-order valence-corrected chi connectivity index (χ2v) is 11.0. The van der Waals surface area contributed by atoms with E-state index in [1.54, 1.807) is 12.1 Å². The van der Waals surface area contributed by atoms with Gasteiger partial charge in [-0.2, -0.15) is 0 Å². The Bertz CT molecular complexity index is 746. The Morgan fingerprint density at radius 1 is 0.912 bits per heavy atom. The molecule has 3 aliphatic rings. The van der Waals surface area contributed by atoms with Gasteiger partial charge in [-0.25, -0.2) is 8.78 Å². The highest BCUT2D eigenvalue weighted by molar-refractivity contribution is 5.31. The molecule has 1 aliphatic heterocycles. The zero-order valence-corrected chi connectivity index (χ0v) is 21.2. The van der Waals surface area contributed by atoms with Crippen molar-refractivity contribution in [2.45, 2.75) is 109 Å². The highest BCUT2D eigenvalue weighted by atomic mass is 19.1. The zero-order valence-electron chi connectivity index (χ0n) is 21.2. The van der Waals surface area contributed by atoms with Crippen LogP contribution in [-0.2, 0) is 9.47 Å². The fraction of sp³-hybridized carbons (Fsp3) is 0.793. The Labute approximate surface area is 204 Å². The summed E-state index contributed by atoms with van der Waals surface area (Å²) in [6.07, 6.45) is 13.2. The van der Waals surface area contributed by atoms with Gasteiger partial charge in [0.2, 0.25) is 0 Å². The lowest BCUT2D eigenvalue weighted by Crippen LogP contribution is -2.44. The summed E-state index contributed by atoms with van der Waals surface area (Å²) in [7, 11) is 0. The summed E-state index contributed by atoms with van der Waals surface area (Å²) in [4.78, 5) is 0. The molecular weight excluding hydrogens is 434 g/mol. The van der Waals surface area contributed by atoms with Gasteiger partial charge < -0.3 is 14.2 Å². The minimum atomic E-state index is -1.29. The molecule has 34 heavy (non-hydrogen) atoms. The van der Waals surface area contributed by atoms with Gasteiger partial charge in [0.1, 0.15) is 0 Å². The van der Waals surface area contributed by atoms with Crippen molar-refractivity contribution in [3.05, 3.63) is 29.6 Å². The first kappa shape index (κ1) is 25.9. The molecule has 3 nitrogen and oxygen atoms in total. The van der Waals surface area contributed by atoms with Gasteiger partial charge in [-0.05, 0) is 106 Å². The van der Waals surface area contributed by atoms with Crippen molar-refractivity contribution in [2.75, 3.05) is 19.8 Å². The van der Waals surface area contributed by atoms with Crippen LogP contribution in [0.15, 0.2) is 18.2 Å². The lowest BCUT2D eigenvalue weighted by molar-refractivity contribution is -0.237. The molecule has 0 bridgehead atoms. The van der Waals surface area contributed by atoms with Gasteiger partial charge in [-0.3, -0.25) is 0 Å². The van der Waals surface area contributed by atoms with Gasteiger partial charge in [0, 0.05) is 0 Å². The van der Waals surface area contributed by atoms with E-state index in [4.69, 9.17) is 14.2 Å². The molecule has 4 rings (SSSR count). The first-order chi connectivity index (χ1) is 16.5. The molecule has 0 aromatic heterocycles. The third kappa shape index (κ3) is 6.72. The molecular formula is C29H44F2O3. The summed E-state index contributed by atoms with van der Waals surface area (Å²) < 4.78 is 45.5. The lowest BCUT2D eigenvalue weighted by Gasteiger charge is -2.38. The Kier molecular flexibility index (Phi) is 9.26. The Balaban J connectivity index is 1.14. The van der Waals surface area contributed by atoms with E-state index >= 15 is 0 Å². The monoisotopic (exact) mass is 478 g/mol. The van der Waals surface area contributed by atoms with Gasteiger partial charge in [-0.1, -0.05) is 32.3 Å². The Morgan fingerprint density at radius 3 is 2.15 bits per heavy atom. The van der Waals surface area contributed by atoms with Crippen LogP contribution in [0.25, 0.3) is 0 Å². The van der Waals surface area contributed by atoms with E-state index in [-0.39, 0.29) is 25.3 Å². The number of hydrogen-bond acceptors (Lipinski definition) is 3. The molecule has 0 spiro atoms. The van der Waals surface area contributed by atoms with Crippen LogP contribution in [0.5, 0.6) is 5.75 Å². The van der Waals surface area contributed by atoms with Crippen molar-refractivity contribution in [1.82, 2.24) is 0 Å². The van der Waals surface area contributed by atoms with Gasteiger partial charge in [0.25, 0.3) is 0 Å². The molecule has 1 saturated heterocycles. The van der Waals surface area contributed by atoms with Gasteiger partial charge >= 0.3 is 0 Å². The standard InChI is InChI=1S/C29H44F2O3/c1-3-17-29(31)19-33-28(34-20-29)16-7-21-5-8-22(9-6-21)23-10-12-24(13-11-23)25-14-15-27(32-4-2)26(30)18-25/h14-15,18,21-24,28H,3-13,16-17,19-20H2,1-2H3. The molecule has 0 unspecified atom stereocenters. The van der Waals surface area contributed by atoms with Crippen molar-refractivity contribution in [2.24, 2.45) is 17.8 Å². The molecule has 2 aliphatic carbocycles. The summed E-state index contributed by atoms with van der Waals surface area (Å²) in [6.45, 7) is 4.74. The second kappa shape index (κ2) is 12.2. The second-order valence-electron chi connectivity index (χ2n) is 11.0. The van der Waals surface area contributed by atoms with Crippen LogP contribution in [0.1, 0.15) is 102 Å². The van der Waals surface area contributed by atoms with Crippen molar-refractivity contribution < 1.29 is 23.0 Å². The first-order valence-corrected chi connectivity index (χ1v) is 13.8. The van der Waals surface area contributed by atoms with E-state index in [0.29, 0.717) is 24.7 Å². The molecule has 0 atom stereocenters. The number of alkyl halides is 1. The van der Waals surface area contributed by atoms with Crippen LogP contribution in [0, 0.1) is 23.6 Å². The van der Waals surface area contributed by atoms with Gasteiger partial charge in [0.05, 0.1) is 19.8 Å². The van der Waals surface area contributed by atoms with Crippen molar-refractivity contribution in [1.29, 1.82) is 0 Å². The van der Waals surface area contributed by atoms with Crippen molar-refractivity contribution >= 4 is 0 Å². The average Bonchev–Trinajstić information content (AvgIpc) is 2.86. The molecule has 192 valence electrons. The molecule has 0 radical (unpaired) electrons. The van der Waals surface area contributed by atoms with Crippen LogP contribution < -0.4 is 4.74 Å². The molecule has 1 aromatic rings. The van der Waals surface area contributed by atoms with Crippen LogP contribution in [0.3, 0.4) is 0 Å². The number of hydrogen-bond donors (Lipinski definition) is 0. The molecule has 1 aromatic carbocycles. The topological polar surface area (TPSA) is 27.7 Å². The lowest BCUT2D eigenvalue weighted by atomic mass is 9.68. The summed E-state index contributed by atoms with van der Waals surface area (Å²) in [6, 6.07) is 5.55. The quantitative estimate of drug-likeness (QED) is 0.360. The van der Waals surface area contributed by atoms with Crippen LogP contribution >= 0.6 is 0 Å². The SMILES string of the molecule is CCCC1(F)COC(CCC2CCC(C3CCC(c4ccc(OCC)c(F)c4)CC3)CC2)OC1. The normalized spacial score (nSPS) is 34.6. The Hall–Kier alpha value is -1.20. The van der Waals surface area contributed by atoms with Gasteiger partial charge in [0.15, 0.2) is 23.5 Å². The molecule has 1 heterocycles. The van der Waals surface area contributed by atoms with E-state index in [2.05, 4.69) is 6.07 Å². The zero-order chi connectivity index (χ0) is 24.0. The van der Waals surface area contributed by atoms with E-state index < -0.39 is 5.67 Å². The molecule has 2 saturated carbocycles. The van der Waals surface area contributed by atoms with E-state index in [1.165, 1.54) is 51.4 Å². The highest BCUT2D eigenvalue weighted by Gasteiger charge is 2.37. The van der Waals surface area contributed by atoms with Crippen LogP contribution in [0.2, 0.25) is 0 Å². The fourth-order valence-corrected chi connectivity index (χ4v) is 6.62. The largest absolute Gasteiger partial charge is 0.491 e. The highest BCUT2D eigenvalue weighted by Crippen LogP contribution is 2.45. The summed E-state index contributed by atoms with van der Waals surface area (Å²) in [5, 5.41) is 0.